The number of hydrogen-bond donors (Lipinski definition) is 0. The van der Waals surface area contributed by atoms with E-state index in [1.54, 1.807) is 13.2 Å². The van der Waals surface area contributed by atoms with Crippen LogP contribution in [0.1, 0.15) is 23.4 Å². The fourth-order valence-corrected chi connectivity index (χ4v) is 1.41. The van der Waals surface area contributed by atoms with Gasteiger partial charge in [0.1, 0.15) is 0 Å². The predicted octanol–water partition coefficient (Wildman–Crippen LogP) is 2.65. The lowest BCUT2D eigenvalue weighted by Crippen LogP contribution is -2.00. The first-order chi connectivity index (χ1) is 6.25. The second kappa shape index (κ2) is 5.19. The van der Waals surface area contributed by atoms with Crippen molar-refractivity contribution in [2.75, 3.05) is 13.7 Å². The van der Waals surface area contributed by atoms with Gasteiger partial charge < -0.3 is 9.15 Å². The fourth-order valence-electron chi connectivity index (χ4n) is 0.983. The lowest BCUT2D eigenvalue weighted by molar-refractivity contribution is 0.0935. The summed E-state index contributed by atoms with van der Waals surface area (Å²) in [5.41, 5.74) is 0. The topological polar surface area (TPSA) is 39.4 Å². The summed E-state index contributed by atoms with van der Waals surface area (Å²) in [6, 6.07) is 1.71. The molecule has 0 fully saturated rings. The molecule has 72 valence electrons. The minimum absolute atomic E-state index is 0.00826. The monoisotopic (exact) mass is 246 g/mol. The highest BCUT2D eigenvalue weighted by molar-refractivity contribution is 9.10. The third-order valence-corrected chi connectivity index (χ3v) is 2.25. The third-order valence-electron chi connectivity index (χ3n) is 1.62. The van der Waals surface area contributed by atoms with Gasteiger partial charge in [-0.15, -0.1) is 0 Å². The van der Waals surface area contributed by atoms with Crippen LogP contribution in [0.3, 0.4) is 0 Å². The van der Waals surface area contributed by atoms with Gasteiger partial charge in [0.15, 0.2) is 11.5 Å². The molecule has 0 saturated heterocycles. The Balaban J connectivity index is 2.45. The van der Waals surface area contributed by atoms with E-state index in [1.165, 1.54) is 6.26 Å². The zero-order valence-electron chi connectivity index (χ0n) is 7.38. The van der Waals surface area contributed by atoms with Gasteiger partial charge in [0, 0.05) is 20.1 Å². The van der Waals surface area contributed by atoms with Crippen molar-refractivity contribution in [3.8, 4) is 0 Å². The third kappa shape index (κ3) is 2.97. The summed E-state index contributed by atoms with van der Waals surface area (Å²) in [7, 11) is 1.62. The molecule has 0 spiro atoms. The van der Waals surface area contributed by atoms with Crippen molar-refractivity contribution in [3.05, 3.63) is 22.6 Å². The molecule has 3 nitrogen and oxygen atoms in total. The van der Waals surface area contributed by atoms with Crippen molar-refractivity contribution in [1.82, 2.24) is 0 Å². The maximum absolute atomic E-state index is 11.4. The Hall–Kier alpha value is -0.610. The number of ether oxygens (including phenoxy) is 1. The first-order valence-corrected chi connectivity index (χ1v) is 4.80. The van der Waals surface area contributed by atoms with Crippen LogP contribution in [-0.2, 0) is 4.74 Å². The minimum Gasteiger partial charge on any atom is -0.460 e. The van der Waals surface area contributed by atoms with E-state index in [-0.39, 0.29) is 5.78 Å². The van der Waals surface area contributed by atoms with Gasteiger partial charge in [-0.3, -0.25) is 4.79 Å². The van der Waals surface area contributed by atoms with Crippen LogP contribution < -0.4 is 0 Å². The summed E-state index contributed by atoms with van der Waals surface area (Å²) in [6.07, 6.45) is 2.68. The van der Waals surface area contributed by atoms with Crippen LogP contribution >= 0.6 is 15.9 Å². The first kappa shape index (κ1) is 10.5. The van der Waals surface area contributed by atoms with Gasteiger partial charge in [0.25, 0.3) is 0 Å². The SMILES string of the molecule is COCCCC(=O)c1occc1Br. The Morgan fingerprint density at radius 2 is 2.46 bits per heavy atom. The quantitative estimate of drug-likeness (QED) is 0.593. The van der Waals surface area contributed by atoms with E-state index in [1.807, 2.05) is 0 Å². The molecule has 0 unspecified atom stereocenters. The van der Waals surface area contributed by atoms with Gasteiger partial charge in [0.2, 0.25) is 0 Å². The van der Waals surface area contributed by atoms with Gasteiger partial charge in [-0.1, -0.05) is 0 Å². The molecule has 0 aliphatic heterocycles. The average Bonchev–Trinajstić information content (AvgIpc) is 2.52. The summed E-state index contributed by atoms with van der Waals surface area (Å²) < 4.78 is 10.6. The van der Waals surface area contributed by atoms with Crippen molar-refractivity contribution in [3.63, 3.8) is 0 Å². The molecular formula is C9H11BrO3. The summed E-state index contributed by atoms with van der Waals surface area (Å²) >= 11 is 3.23. The highest BCUT2D eigenvalue weighted by Gasteiger charge is 2.12. The van der Waals surface area contributed by atoms with E-state index in [2.05, 4.69) is 15.9 Å². The molecule has 4 heteroatoms. The molecule has 0 radical (unpaired) electrons. The number of carbonyl (C=O) groups is 1. The standard InChI is InChI=1S/C9H11BrO3/c1-12-5-2-3-8(11)9-7(10)4-6-13-9/h4,6H,2-3,5H2,1H3. The van der Waals surface area contributed by atoms with Crippen molar-refractivity contribution in [1.29, 1.82) is 0 Å². The summed E-state index contributed by atoms with van der Waals surface area (Å²) in [5, 5.41) is 0. The normalized spacial score (nSPS) is 10.3. The number of rotatable bonds is 5. The Morgan fingerprint density at radius 1 is 1.69 bits per heavy atom. The Labute approximate surface area is 85.2 Å². The molecule has 0 atom stereocenters. The molecule has 1 aromatic heterocycles. The maximum Gasteiger partial charge on any atom is 0.199 e. The molecule has 1 rings (SSSR count). The summed E-state index contributed by atoms with van der Waals surface area (Å²) in [4.78, 5) is 11.4. The van der Waals surface area contributed by atoms with Crippen LogP contribution in [0.25, 0.3) is 0 Å². The van der Waals surface area contributed by atoms with E-state index in [0.29, 0.717) is 18.8 Å². The Morgan fingerprint density at radius 3 is 3.00 bits per heavy atom. The summed E-state index contributed by atoms with van der Waals surface area (Å²) in [6.45, 7) is 0.601. The fraction of sp³-hybridized carbons (Fsp3) is 0.444. The van der Waals surface area contributed by atoms with Crippen molar-refractivity contribution < 1.29 is 13.9 Å². The summed E-state index contributed by atoms with van der Waals surface area (Å²) in [5.74, 6) is 0.407. The molecule has 1 heterocycles. The Kier molecular flexibility index (Phi) is 4.18. The van der Waals surface area contributed by atoms with Gasteiger partial charge in [-0.2, -0.15) is 0 Å². The zero-order valence-corrected chi connectivity index (χ0v) is 8.96. The minimum atomic E-state index is 0.00826. The predicted molar refractivity (Wildman–Crippen MR) is 51.8 cm³/mol. The van der Waals surface area contributed by atoms with Crippen LogP contribution in [0.4, 0.5) is 0 Å². The molecule has 0 aliphatic carbocycles. The van der Waals surface area contributed by atoms with Crippen LogP contribution in [-0.4, -0.2) is 19.5 Å². The van der Waals surface area contributed by atoms with Crippen molar-refractivity contribution in [2.45, 2.75) is 12.8 Å². The van der Waals surface area contributed by atoms with Gasteiger partial charge >= 0.3 is 0 Å². The van der Waals surface area contributed by atoms with Crippen LogP contribution in [0.5, 0.6) is 0 Å². The molecule has 0 saturated carbocycles. The van der Waals surface area contributed by atoms with E-state index >= 15 is 0 Å². The highest BCUT2D eigenvalue weighted by Crippen LogP contribution is 2.19. The number of Topliss-reactive ketones (excluding diaryl/α,β-unsaturated/α-hetero) is 1. The number of furan rings is 1. The molecule has 0 N–H and O–H groups in total. The molecular weight excluding hydrogens is 236 g/mol. The van der Waals surface area contributed by atoms with E-state index in [0.717, 1.165) is 10.9 Å². The number of hydrogen-bond acceptors (Lipinski definition) is 3. The second-order valence-corrected chi connectivity index (χ2v) is 3.47. The lowest BCUT2D eigenvalue weighted by Gasteiger charge is -1.97. The Bertz CT molecular complexity index is 280. The van der Waals surface area contributed by atoms with Crippen LogP contribution in [0.15, 0.2) is 21.2 Å². The molecule has 0 amide bonds. The van der Waals surface area contributed by atoms with Crippen LogP contribution in [0.2, 0.25) is 0 Å². The highest BCUT2D eigenvalue weighted by atomic mass is 79.9. The van der Waals surface area contributed by atoms with E-state index in [9.17, 15) is 4.79 Å². The average molecular weight is 247 g/mol. The van der Waals surface area contributed by atoms with E-state index in [4.69, 9.17) is 9.15 Å². The first-order valence-electron chi connectivity index (χ1n) is 4.01. The van der Waals surface area contributed by atoms with Gasteiger partial charge in [-0.05, 0) is 28.4 Å². The number of halogens is 1. The molecule has 0 bridgehead atoms. The zero-order chi connectivity index (χ0) is 9.68. The number of ketones is 1. The molecule has 13 heavy (non-hydrogen) atoms. The lowest BCUT2D eigenvalue weighted by atomic mass is 10.2. The molecule has 0 aromatic carbocycles. The number of carbonyl (C=O) groups excluding carboxylic acids is 1. The van der Waals surface area contributed by atoms with Crippen molar-refractivity contribution >= 4 is 21.7 Å². The second-order valence-electron chi connectivity index (χ2n) is 2.62. The molecule has 1 aromatic rings. The largest absolute Gasteiger partial charge is 0.460 e. The van der Waals surface area contributed by atoms with Gasteiger partial charge in [0.05, 0.1) is 10.7 Å². The van der Waals surface area contributed by atoms with E-state index < -0.39 is 0 Å². The van der Waals surface area contributed by atoms with Crippen molar-refractivity contribution in [2.24, 2.45) is 0 Å². The molecule has 0 aliphatic rings. The number of methoxy groups -OCH3 is 1. The van der Waals surface area contributed by atoms with Gasteiger partial charge in [-0.25, -0.2) is 0 Å². The smallest absolute Gasteiger partial charge is 0.199 e. The maximum atomic E-state index is 11.4. The van der Waals surface area contributed by atoms with Crippen LogP contribution in [0, 0.1) is 0 Å².